The minimum absolute atomic E-state index is 0.168. The first-order chi connectivity index (χ1) is 11.9. The smallest absolute Gasteiger partial charge is 0.161 e. The van der Waals surface area contributed by atoms with Crippen molar-refractivity contribution in [3.8, 4) is 16.9 Å². The van der Waals surface area contributed by atoms with E-state index in [0.29, 0.717) is 6.73 Å². The molecule has 2 aromatic heterocycles. The number of hydrogen-bond acceptors (Lipinski definition) is 4. The van der Waals surface area contributed by atoms with E-state index in [1.54, 1.807) is 4.68 Å². The summed E-state index contributed by atoms with van der Waals surface area (Å²) in [6.45, 7) is 10.1. The van der Waals surface area contributed by atoms with Gasteiger partial charge in [0.25, 0.3) is 0 Å². The highest BCUT2D eigenvalue weighted by Gasteiger charge is 2.18. The van der Waals surface area contributed by atoms with E-state index in [1.807, 2.05) is 37.3 Å². The number of fused-ring (bicyclic) bond motifs is 1. The molecule has 6 heteroatoms. The van der Waals surface area contributed by atoms with Crippen molar-refractivity contribution >= 4 is 19.1 Å². The summed E-state index contributed by atoms with van der Waals surface area (Å²) in [5.41, 5.74) is 3.30. The third-order valence-electron chi connectivity index (χ3n) is 4.19. The van der Waals surface area contributed by atoms with Crippen LogP contribution in [0.15, 0.2) is 36.5 Å². The molecule has 3 rings (SSSR count). The van der Waals surface area contributed by atoms with Gasteiger partial charge < -0.3 is 9.84 Å². The van der Waals surface area contributed by atoms with Gasteiger partial charge in [-0.1, -0.05) is 50.0 Å². The monoisotopic (exact) mass is 355 g/mol. The van der Waals surface area contributed by atoms with Crippen LogP contribution in [0.25, 0.3) is 22.2 Å². The molecule has 2 heterocycles. The number of rotatable bonds is 6. The number of aromatic nitrogens is 3. The van der Waals surface area contributed by atoms with E-state index in [1.165, 1.54) is 6.20 Å². The predicted molar refractivity (Wildman–Crippen MR) is 103 cm³/mol. The third kappa shape index (κ3) is 3.91. The highest BCUT2D eigenvalue weighted by molar-refractivity contribution is 6.76. The van der Waals surface area contributed by atoms with Gasteiger partial charge in [0.05, 0.1) is 17.3 Å². The van der Waals surface area contributed by atoms with Crippen molar-refractivity contribution in [3.05, 3.63) is 42.2 Å². The average Bonchev–Trinajstić information content (AvgIpc) is 2.88. The van der Waals surface area contributed by atoms with Crippen LogP contribution in [0.2, 0.25) is 25.7 Å². The van der Waals surface area contributed by atoms with E-state index in [0.717, 1.165) is 40.5 Å². The molecule has 0 fully saturated rings. The molecule has 5 nitrogen and oxygen atoms in total. The van der Waals surface area contributed by atoms with Gasteiger partial charge in [-0.15, -0.1) is 0 Å². The van der Waals surface area contributed by atoms with Gasteiger partial charge in [-0.25, -0.2) is 9.67 Å². The minimum Gasteiger partial charge on any atom is -0.506 e. The van der Waals surface area contributed by atoms with E-state index >= 15 is 0 Å². The SMILES string of the molecule is Cc1nn(COCC[Si](C)(C)C)c2ncc(O)c(-c3ccccc3)c12. The van der Waals surface area contributed by atoms with Crippen LogP contribution >= 0.6 is 0 Å². The molecule has 0 amide bonds. The van der Waals surface area contributed by atoms with Crippen molar-refractivity contribution in [3.63, 3.8) is 0 Å². The zero-order chi connectivity index (χ0) is 18.0. The normalized spacial score (nSPS) is 12.0. The van der Waals surface area contributed by atoms with E-state index < -0.39 is 8.07 Å². The lowest BCUT2D eigenvalue weighted by Gasteiger charge is -2.15. The van der Waals surface area contributed by atoms with Crippen LogP contribution in [-0.4, -0.2) is 34.6 Å². The second kappa shape index (κ2) is 6.97. The molecule has 0 saturated carbocycles. The summed E-state index contributed by atoms with van der Waals surface area (Å²) >= 11 is 0. The Morgan fingerprint density at radius 2 is 1.88 bits per heavy atom. The van der Waals surface area contributed by atoms with Crippen LogP contribution in [0, 0.1) is 6.92 Å². The third-order valence-corrected chi connectivity index (χ3v) is 5.89. The van der Waals surface area contributed by atoms with E-state index in [-0.39, 0.29) is 5.75 Å². The Bertz CT molecular complexity index is 870. The highest BCUT2D eigenvalue weighted by Crippen LogP contribution is 2.36. The summed E-state index contributed by atoms with van der Waals surface area (Å²) in [5.74, 6) is 0.168. The second-order valence-electron chi connectivity index (χ2n) is 7.52. The van der Waals surface area contributed by atoms with Gasteiger partial charge in [-0.2, -0.15) is 5.10 Å². The Morgan fingerprint density at radius 3 is 2.56 bits per heavy atom. The molecule has 25 heavy (non-hydrogen) atoms. The molecule has 0 radical (unpaired) electrons. The molecule has 1 N–H and O–H groups in total. The first-order valence-electron chi connectivity index (χ1n) is 8.55. The molecular formula is C19H25N3O2Si. The van der Waals surface area contributed by atoms with Gasteiger partial charge in [0.2, 0.25) is 0 Å². The van der Waals surface area contributed by atoms with Gasteiger partial charge in [0.1, 0.15) is 12.5 Å². The van der Waals surface area contributed by atoms with Crippen molar-refractivity contribution in [1.82, 2.24) is 14.8 Å². The van der Waals surface area contributed by atoms with E-state index in [4.69, 9.17) is 4.74 Å². The zero-order valence-electron chi connectivity index (χ0n) is 15.3. The number of aryl methyl sites for hydroxylation is 1. The Hall–Kier alpha value is -2.18. The molecule has 0 bridgehead atoms. The van der Waals surface area contributed by atoms with Gasteiger partial charge in [-0.3, -0.25) is 0 Å². The van der Waals surface area contributed by atoms with Crippen molar-refractivity contribution in [2.24, 2.45) is 0 Å². The minimum atomic E-state index is -1.11. The summed E-state index contributed by atoms with van der Waals surface area (Å²) in [7, 11) is -1.11. The summed E-state index contributed by atoms with van der Waals surface area (Å²) in [6.07, 6.45) is 1.49. The number of nitrogens with zero attached hydrogens (tertiary/aromatic N) is 3. The summed E-state index contributed by atoms with van der Waals surface area (Å²) in [6, 6.07) is 11.0. The first-order valence-corrected chi connectivity index (χ1v) is 12.3. The quantitative estimate of drug-likeness (QED) is 0.525. The topological polar surface area (TPSA) is 60.2 Å². The molecule has 0 saturated heterocycles. The molecular weight excluding hydrogens is 330 g/mol. The van der Waals surface area contributed by atoms with Crippen LogP contribution < -0.4 is 0 Å². The van der Waals surface area contributed by atoms with Gasteiger partial charge in [-0.05, 0) is 18.5 Å². The lowest BCUT2D eigenvalue weighted by molar-refractivity contribution is 0.0810. The van der Waals surface area contributed by atoms with Gasteiger partial charge >= 0.3 is 0 Å². The number of aromatic hydroxyl groups is 1. The second-order valence-corrected chi connectivity index (χ2v) is 13.1. The van der Waals surface area contributed by atoms with Gasteiger partial charge in [0.15, 0.2) is 5.65 Å². The standard InChI is InChI=1S/C19H25N3O2Si/c1-14-17-18(15-8-6-5-7-9-15)16(23)12-20-19(17)22(21-14)13-24-10-11-25(2,3)4/h5-9,12,23H,10-11,13H2,1-4H3. The maximum atomic E-state index is 10.4. The molecule has 0 spiro atoms. The number of benzene rings is 1. The van der Waals surface area contributed by atoms with Crippen molar-refractivity contribution < 1.29 is 9.84 Å². The molecule has 0 aliphatic carbocycles. The van der Waals surface area contributed by atoms with Crippen LogP contribution in [-0.2, 0) is 11.5 Å². The summed E-state index contributed by atoms with van der Waals surface area (Å²) in [5, 5.41) is 15.8. The number of ether oxygens (including phenoxy) is 1. The van der Waals surface area contributed by atoms with E-state index in [9.17, 15) is 5.11 Å². The van der Waals surface area contributed by atoms with Crippen LogP contribution in [0.3, 0.4) is 0 Å². The Kier molecular flexibility index (Phi) is 4.92. The summed E-state index contributed by atoms with van der Waals surface area (Å²) < 4.78 is 7.60. The molecule has 1 aromatic carbocycles. The number of hydrogen-bond donors (Lipinski definition) is 1. The fourth-order valence-corrected chi connectivity index (χ4v) is 3.58. The first kappa shape index (κ1) is 17.6. The largest absolute Gasteiger partial charge is 0.506 e. The Morgan fingerprint density at radius 1 is 1.16 bits per heavy atom. The van der Waals surface area contributed by atoms with Crippen molar-refractivity contribution in [2.75, 3.05) is 6.61 Å². The van der Waals surface area contributed by atoms with Crippen LogP contribution in [0.5, 0.6) is 5.75 Å². The Labute approximate surface area is 149 Å². The fraction of sp³-hybridized carbons (Fsp3) is 0.368. The molecule has 0 aliphatic rings. The molecule has 0 aliphatic heterocycles. The van der Waals surface area contributed by atoms with Crippen LogP contribution in [0.1, 0.15) is 5.69 Å². The lowest BCUT2D eigenvalue weighted by Crippen LogP contribution is -2.22. The fourth-order valence-electron chi connectivity index (χ4n) is 2.82. The predicted octanol–water partition coefficient (Wildman–Crippen LogP) is 4.42. The van der Waals surface area contributed by atoms with Gasteiger partial charge in [0, 0.05) is 20.2 Å². The van der Waals surface area contributed by atoms with Crippen molar-refractivity contribution in [1.29, 1.82) is 0 Å². The van der Waals surface area contributed by atoms with Crippen LogP contribution in [0.4, 0.5) is 0 Å². The summed E-state index contributed by atoms with van der Waals surface area (Å²) in [4.78, 5) is 4.39. The molecule has 132 valence electrons. The molecule has 0 atom stereocenters. The average molecular weight is 356 g/mol. The van der Waals surface area contributed by atoms with Crippen molar-refractivity contribution in [2.45, 2.75) is 39.3 Å². The zero-order valence-corrected chi connectivity index (χ0v) is 16.3. The highest BCUT2D eigenvalue weighted by atomic mass is 28.3. The molecule has 0 unspecified atom stereocenters. The Balaban J connectivity index is 1.93. The van der Waals surface area contributed by atoms with E-state index in [2.05, 4.69) is 29.7 Å². The maximum absolute atomic E-state index is 10.4. The maximum Gasteiger partial charge on any atom is 0.161 e. The molecule has 3 aromatic rings. The lowest BCUT2D eigenvalue weighted by atomic mass is 10.0. The number of pyridine rings is 1.